The molecule has 0 aromatic heterocycles. The van der Waals surface area contributed by atoms with Crippen molar-refractivity contribution in [3.63, 3.8) is 0 Å². The Morgan fingerprint density at radius 2 is 2.28 bits per heavy atom. The quantitative estimate of drug-likeness (QED) is 0.562. The summed E-state index contributed by atoms with van der Waals surface area (Å²) >= 11 is 0. The van der Waals surface area contributed by atoms with Gasteiger partial charge in [-0.3, -0.25) is 0 Å². The van der Waals surface area contributed by atoms with Crippen molar-refractivity contribution in [3.05, 3.63) is 24.2 Å². The smallest absolute Gasteiger partial charge is 0.208 e. The summed E-state index contributed by atoms with van der Waals surface area (Å²) in [4.78, 5) is 3.72. The van der Waals surface area contributed by atoms with Gasteiger partial charge < -0.3 is 5.11 Å². The van der Waals surface area contributed by atoms with Crippen LogP contribution in [0.2, 0.25) is 0 Å². The molecule has 0 saturated heterocycles. The molecule has 1 N–H and O–H groups in total. The number of aliphatic imine (C=N–C) groups is 1. The summed E-state index contributed by atoms with van der Waals surface area (Å²) in [6.07, 6.45) is 10.9. The Labute approximate surface area is 109 Å². The van der Waals surface area contributed by atoms with Crippen LogP contribution >= 0.6 is 0 Å². The molecule has 1 rings (SSSR count). The van der Waals surface area contributed by atoms with E-state index in [-0.39, 0.29) is 5.92 Å². The molecule has 18 heavy (non-hydrogen) atoms. The van der Waals surface area contributed by atoms with Crippen LogP contribution in [0.4, 0.5) is 4.39 Å². The van der Waals surface area contributed by atoms with Gasteiger partial charge in [-0.05, 0) is 24.8 Å². The maximum Gasteiger partial charge on any atom is 0.208 e. The summed E-state index contributed by atoms with van der Waals surface area (Å²) in [5.41, 5.74) is 0. The molecule has 3 heteroatoms. The van der Waals surface area contributed by atoms with E-state index in [2.05, 4.69) is 18.8 Å². The van der Waals surface area contributed by atoms with E-state index in [4.69, 9.17) is 0 Å². The van der Waals surface area contributed by atoms with E-state index in [1.807, 2.05) is 12.2 Å². The monoisotopic (exact) mass is 253 g/mol. The van der Waals surface area contributed by atoms with Crippen LogP contribution in [0, 0.1) is 11.8 Å². The zero-order chi connectivity index (χ0) is 13.4. The van der Waals surface area contributed by atoms with Crippen molar-refractivity contribution in [1.82, 2.24) is 0 Å². The van der Waals surface area contributed by atoms with Crippen LogP contribution in [0.15, 0.2) is 29.2 Å². The molecule has 0 aliphatic carbocycles. The van der Waals surface area contributed by atoms with Crippen molar-refractivity contribution >= 4 is 6.21 Å². The Balaban J connectivity index is 2.59. The minimum absolute atomic E-state index is 0.171. The zero-order valence-corrected chi connectivity index (χ0v) is 11.3. The SMILES string of the molecule is CCCC(CC)CC(O)C1C=CC/C=C(/F)N=C1. The van der Waals surface area contributed by atoms with Gasteiger partial charge in [0.25, 0.3) is 0 Å². The van der Waals surface area contributed by atoms with Crippen LogP contribution in [-0.4, -0.2) is 17.4 Å². The predicted octanol–water partition coefficient (Wildman–Crippen LogP) is 4.02. The van der Waals surface area contributed by atoms with Crippen molar-refractivity contribution in [2.24, 2.45) is 16.8 Å². The van der Waals surface area contributed by atoms with E-state index in [0.29, 0.717) is 12.3 Å². The molecule has 102 valence electrons. The largest absolute Gasteiger partial charge is 0.392 e. The second kappa shape index (κ2) is 8.20. The number of aliphatic hydroxyl groups is 1. The lowest BCUT2D eigenvalue weighted by Gasteiger charge is -2.22. The lowest BCUT2D eigenvalue weighted by atomic mass is 9.88. The van der Waals surface area contributed by atoms with Crippen LogP contribution < -0.4 is 0 Å². The topological polar surface area (TPSA) is 32.6 Å². The van der Waals surface area contributed by atoms with E-state index in [1.165, 1.54) is 12.3 Å². The fraction of sp³-hybridized carbons (Fsp3) is 0.667. The molecule has 0 amide bonds. The molecule has 1 aliphatic heterocycles. The standard InChI is InChI=1S/C15H24FNO/c1-3-7-12(4-2)10-14(18)13-8-5-6-9-15(16)17-11-13/h5,8-9,11-14,18H,3-4,6-7,10H2,1-2H3/b8-5?,15-9-,17-11?. The third-order valence-electron chi connectivity index (χ3n) is 3.44. The second-order valence-corrected chi connectivity index (χ2v) is 4.91. The van der Waals surface area contributed by atoms with Gasteiger partial charge in [0, 0.05) is 12.1 Å². The number of aliphatic hydroxyl groups excluding tert-OH is 1. The van der Waals surface area contributed by atoms with Crippen LogP contribution in [0.25, 0.3) is 0 Å². The Hall–Kier alpha value is -0.960. The van der Waals surface area contributed by atoms with Gasteiger partial charge in [0.2, 0.25) is 5.95 Å². The summed E-state index contributed by atoms with van der Waals surface area (Å²) in [6, 6.07) is 0. The number of allylic oxidation sites excluding steroid dienone is 2. The number of hydrogen-bond acceptors (Lipinski definition) is 2. The molecule has 3 atom stereocenters. The summed E-state index contributed by atoms with van der Waals surface area (Å²) in [6.45, 7) is 4.31. The molecule has 3 unspecified atom stereocenters. The van der Waals surface area contributed by atoms with Gasteiger partial charge in [-0.25, -0.2) is 4.99 Å². The fourth-order valence-corrected chi connectivity index (χ4v) is 2.28. The molecular weight excluding hydrogens is 229 g/mol. The molecule has 0 fully saturated rings. The average molecular weight is 253 g/mol. The van der Waals surface area contributed by atoms with Crippen molar-refractivity contribution in [1.29, 1.82) is 0 Å². The van der Waals surface area contributed by atoms with E-state index >= 15 is 0 Å². The van der Waals surface area contributed by atoms with Gasteiger partial charge in [-0.2, -0.15) is 4.39 Å². The molecule has 1 heterocycles. The summed E-state index contributed by atoms with van der Waals surface area (Å²) in [5.74, 6) is -0.0925. The number of rotatable bonds is 6. The first-order chi connectivity index (χ1) is 8.67. The van der Waals surface area contributed by atoms with E-state index < -0.39 is 12.1 Å². The normalized spacial score (nSPS) is 26.0. The number of nitrogens with zero attached hydrogens (tertiary/aromatic N) is 1. The highest BCUT2D eigenvalue weighted by Gasteiger charge is 2.19. The van der Waals surface area contributed by atoms with E-state index in [0.717, 1.165) is 25.7 Å². The maximum absolute atomic E-state index is 13.1. The Morgan fingerprint density at radius 1 is 1.50 bits per heavy atom. The van der Waals surface area contributed by atoms with Crippen molar-refractivity contribution in [2.75, 3.05) is 0 Å². The van der Waals surface area contributed by atoms with Gasteiger partial charge in [-0.15, -0.1) is 0 Å². The first-order valence-corrected chi connectivity index (χ1v) is 6.91. The molecule has 0 radical (unpaired) electrons. The Morgan fingerprint density at radius 3 is 2.94 bits per heavy atom. The maximum atomic E-state index is 13.1. The van der Waals surface area contributed by atoms with Gasteiger partial charge in [-0.1, -0.05) is 45.3 Å². The van der Waals surface area contributed by atoms with Crippen LogP contribution in [0.1, 0.15) is 46.0 Å². The van der Waals surface area contributed by atoms with E-state index in [9.17, 15) is 9.50 Å². The molecular formula is C15H24FNO. The molecule has 0 saturated carbocycles. The van der Waals surface area contributed by atoms with Crippen LogP contribution in [-0.2, 0) is 0 Å². The van der Waals surface area contributed by atoms with Gasteiger partial charge in [0.15, 0.2) is 0 Å². The molecule has 2 nitrogen and oxygen atoms in total. The number of halogens is 1. The minimum Gasteiger partial charge on any atom is -0.392 e. The summed E-state index contributed by atoms with van der Waals surface area (Å²) in [7, 11) is 0. The van der Waals surface area contributed by atoms with Crippen molar-refractivity contribution in [3.8, 4) is 0 Å². The minimum atomic E-state index is -0.465. The highest BCUT2D eigenvalue weighted by Crippen LogP contribution is 2.22. The molecule has 0 spiro atoms. The van der Waals surface area contributed by atoms with Crippen LogP contribution in [0.3, 0.4) is 0 Å². The average Bonchev–Trinajstić information content (AvgIpc) is 2.33. The third-order valence-corrected chi connectivity index (χ3v) is 3.44. The fourth-order valence-electron chi connectivity index (χ4n) is 2.28. The summed E-state index contributed by atoms with van der Waals surface area (Å²) in [5, 5.41) is 10.2. The third kappa shape index (κ3) is 5.13. The van der Waals surface area contributed by atoms with Gasteiger partial charge in [0.05, 0.1) is 6.10 Å². The van der Waals surface area contributed by atoms with E-state index in [1.54, 1.807) is 0 Å². The molecule has 0 bridgehead atoms. The van der Waals surface area contributed by atoms with Crippen molar-refractivity contribution in [2.45, 2.75) is 52.1 Å². The second-order valence-electron chi connectivity index (χ2n) is 4.91. The first-order valence-electron chi connectivity index (χ1n) is 6.91. The Bertz CT molecular complexity index is 322. The summed E-state index contributed by atoms with van der Waals surface area (Å²) < 4.78 is 13.1. The van der Waals surface area contributed by atoms with Gasteiger partial charge in [0.1, 0.15) is 0 Å². The number of hydrogen-bond donors (Lipinski definition) is 1. The zero-order valence-electron chi connectivity index (χ0n) is 11.3. The molecule has 0 aromatic carbocycles. The highest BCUT2D eigenvalue weighted by molar-refractivity contribution is 5.65. The highest BCUT2D eigenvalue weighted by atomic mass is 19.1. The predicted molar refractivity (Wildman–Crippen MR) is 74.2 cm³/mol. The molecule has 0 aromatic rings. The van der Waals surface area contributed by atoms with Crippen LogP contribution in [0.5, 0.6) is 0 Å². The van der Waals surface area contributed by atoms with Crippen molar-refractivity contribution < 1.29 is 9.50 Å². The van der Waals surface area contributed by atoms with Gasteiger partial charge >= 0.3 is 0 Å². The lowest BCUT2D eigenvalue weighted by molar-refractivity contribution is 0.122. The lowest BCUT2D eigenvalue weighted by Crippen LogP contribution is -2.23. The Kier molecular flexibility index (Phi) is 6.88. The first kappa shape index (κ1) is 15.1. The molecule has 1 aliphatic rings.